The number of nitrogens with zero attached hydrogens (tertiary/aromatic N) is 3. The second-order valence-electron chi connectivity index (χ2n) is 7.82. The zero-order valence-electron chi connectivity index (χ0n) is 17.7. The van der Waals surface area contributed by atoms with E-state index in [1.54, 1.807) is 11.8 Å². The van der Waals surface area contributed by atoms with Crippen LogP contribution in [0.15, 0.2) is 30.5 Å². The summed E-state index contributed by atoms with van der Waals surface area (Å²) < 4.78 is 13.0. The minimum Gasteiger partial charge on any atom is -0.497 e. The van der Waals surface area contributed by atoms with Crippen molar-refractivity contribution in [1.29, 1.82) is 0 Å². The van der Waals surface area contributed by atoms with E-state index in [4.69, 9.17) is 9.47 Å². The predicted molar refractivity (Wildman–Crippen MR) is 112 cm³/mol. The van der Waals surface area contributed by atoms with Crippen molar-refractivity contribution in [2.75, 3.05) is 13.7 Å². The minimum atomic E-state index is -0.410. The van der Waals surface area contributed by atoms with Crippen molar-refractivity contribution < 1.29 is 19.4 Å². The van der Waals surface area contributed by atoms with Gasteiger partial charge in [-0.05, 0) is 57.4 Å². The first-order valence-electron chi connectivity index (χ1n) is 10.4. The zero-order valence-corrected chi connectivity index (χ0v) is 17.7. The molecule has 30 heavy (non-hydrogen) atoms. The third-order valence-corrected chi connectivity index (χ3v) is 5.14. The number of carbonyl (C=O) groups is 1. The highest BCUT2D eigenvalue weighted by Crippen LogP contribution is 2.23. The van der Waals surface area contributed by atoms with E-state index in [0.29, 0.717) is 6.54 Å². The Morgan fingerprint density at radius 1 is 1.33 bits per heavy atom. The Morgan fingerprint density at radius 2 is 2.10 bits per heavy atom. The van der Waals surface area contributed by atoms with E-state index in [1.807, 2.05) is 44.3 Å². The molecule has 2 aromatic rings. The Hall–Kier alpha value is -2.65. The molecule has 0 aliphatic carbocycles. The van der Waals surface area contributed by atoms with Crippen molar-refractivity contribution in [2.45, 2.75) is 63.9 Å². The summed E-state index contributed by atoms with van der Waals surface area (Å²) in [5.74, 6) is 0.800. The monoisotopic (exact) mass is 417 g/mol. The number of aromatic nitrogens is 3. The fraction of sp³-hybridized carbons (Fsp3) is 0.571. The molecule has 1 aromatic carbocycles. The van der Waals surface area contributed by atoms with Gasteiger partial charge in [-0.25, -0.2) is 4.79 Å². The molecule has 3 atom stereocenters. The number of methoxy groups -OCH3 is 1. The molecule has 0 bridgehead atoms. The van der Waals surface area contributed by atoms with E-state index in [9.17, 15) is 9.90 Å². The van der Waals surface area contributed by atoms with Gasteiger partial charge in [0.05, 0.1) is 32.1 Å². The Balaban J connectivity index is 1.49. The van der Waals surface area contributed by atoms with Crippen molar-refractivity contribution >= 4 is 6.03 Å². The molecule has 0 unspecified atom stereocenters. The molecule has 1 aliphatic heterocycles. The summed E-state index contributed by atoms with van der Waals surface area (Å²) >= 11 is 0. The van der Waals surface area contributed by atoms with E-state index >= 15 is 0 Å². The lowest BCUT2D eigenvalue weighted by molar-refractivity contribution is -0.0908. The van der Waals surface area contributed by atoms with E-state index in [1.165, 1.54) is 0 Å². The van der Waals surface area contributed by atoms with Gasteiger partial charge in [-0.3, -0.25) is 4.68 Å². The van der Waals surface area contributed by atoms with Crippen LogP contribution in [0.1, 0.15) is 33.1 Å². The maximum Gasteiger partial charge on any atom is 0.315 e. The Morgan fingerprint density at radius 3 is 2.77 bits per heavy atom. The lowest BCUT2D eigenvalue weighted by atomic mass is 9.97. The summed E-state index contributed by atoms with van der Waals surface area (Å²) in [5, 5.41) is 23.8. The van der Waals surface area contributed by atoms with E-state index in [-0.39, 0.29) is 30.8 Å². The van der Waals surface area contributed by atoms with Crippen LogP contribution in [-0.4, -0.2) is 64.1 Å². The van der Waals surface area contributed by atoms with Gasteiger partial charge in [0.15, 0.2) is 0 Å². The van der Waals surface area contributed by atoms with Gasteiger partial charge in [0.2, 0.25) is 0 Å². The van der Waals surface area contributed by atoms with Gasteiger partial charge in [0.1, 0.15) is 17.5 Å². The summed E-state index contributed by atoms with van der Waals surface area (Å²) in [4.78, 5) is 11.9. The molecule has 1 aromatic heterocycles. The molecule has 1 aliphatic rings. The van der Waals surface area contributed by atoms with E-state index in [0.717, 1.165) is 36.3 Å². The number of amides is 2. The maximum atomic E-state index is 11.9. The standard InChI is InChI=1S/C21H31N5O4/c1-14(2)22-21(28)23-18-9-8-17(30-20(18)13-27)10-11-26-12-19(24-25-26)15-4-6-16(29-3)7-5-15/h4-7,12,14,17-18,20,27H,8-11,13H2,1-3H3,(H2,22,23,28)/t17-,18+,20-/m1/s1. The van der Waals surface area contributed by atoms with Crippen LogP contribution in [0.4, 0.5) is 4.79 Å². The number of aliphatic hydroxyl groups is 1. The zero-order chi connectivity index (χ0) is 21.5. The van der Waals surface area contributed by atoms with Crippen LogP contribution in [0.2, 0.25) is 0 Å². The summed E-state index contributed by atoms with van der Waals surface area (Å²) in [6.07, 6.45) is 3.83. The first-order valence-corrected chi connectivity index (χ1v) is 10.4. The van der Waals surface area contributed by atoms with Gasteiger partial charge in [-0.15, -0.1) is 5.10 Å². The number of rotatable bonds is 8. The molecule has 1 fully saturated rings. The lowest BCUT2D eigenvalue weighted by Crippen LogP contribution is -2.54. The molecule has 164 valence electrons. The molecule has 2 amide bonds. The number of nitrogens with one attached hydrogen (secondary N) is 2. The average molecular weight is 418 g/mol. The van der Waals surface area contributed by atoms with Crippen LogP contribution >= 0.6 is 0 Å². The van der Waals surface area contributed by atoms with E-state index in [2.05, 4.69) is 20.9 Å². The van der Waals surface area contributed by atoms with Gasteiger partial charge in [-0.2, -0.15) is 0 Å². The Bertz CT molecular complexity index is 808. The molecule has 2 heterocycles. The van der Waals surface area contributed by atoms with Crippen molar-refractivity contribution in [2.24, 2.45) is 0 Å². The van der Waals surface area contributed by atoms with Gasteiger partial charge in [0, 0.05) is 18.2 Å². The van der Waals surface area contributed by atoms with Gasteiger partial charge >= 0.3 is 6.03 Å². The lowest BCUT2D eigenvalue weighted by Gasteiger charge is -2.36. The second kappa shape index (κ2) is 10.4. The van der Waals surface area contributed by atoms with Crippen molar-refractivity contribution in [1.82, 2.24) is 25.6 Å². The third kappa shape index (κ3) is 5.93. The molecule has 0 radical (unpaired) electrons. The van der Waals surface area contributed by atoms with E-state index < -0.39 is 6.10 Å². The summed E-state index contributed by atoms with van der Waals surface area (Å²) in [6.45, 7) is 4.34. The number of carbonyl (C=O) groups excluding carboxylic acids is 1. The van der Waals surface area contributed by atoms with Gasteiger partial charge in [-0.1, -0.05) is 5.21 Å². The van der Waals surface area contributed by atoms with Gasteiger partial charge < -0.3 is 25.2 Å². The van der Waals surface area contributed by atoms with Crippen LogP contribution in [-0.2, 0) is 11.3 Å². The van der Waals surface area contributed by atoms with Crippen LogP contribution in [0.3, 0.4) is 0 Å². The molecule has 3 rings (SSSR count). The summed E-state index contributed by atoms with van der Waals surface area (Å²) in [7, 11) is 1.64. The molecular formula is C21H31N5O4. The van der Waals surface area contributed by atoms with Crippen LogP contribution < -0.4 is 15.4 Å². The topological polar surface area (TPSA) is 111 Å². The largest absolute Gasteiger partial charge is 0.497 e. The van der Waals surface area contributed by atoms with Crippen molar-refractivity contribution in [3.05, 3.63) is 30.5 Å². The number of hydrogen-bond acceptors (Lipinski definition) is 6. The first-order chi connectivity index (χ1) is 14.5. The molecule has 1 saturated heterocycles. The summed E-state index contributed by atoms with van der Waals surface area (Å²) in [6, 6.07) is 7.32. The number of urea groups is 1. The second-order valence-corrected chi connectivity index (χ2v) is 7.82. The molecular weight excluding hydrogens is 386 g/mol. The Kier molecular flexibility index (Phi) is 7.64. The normalized spacial score (nSPS) is 21.4. The van der Waals surface area contributed by atoms with Crippen LogP contribution in [0, 0.1) is 0 Å². The third-order valence-electron chi connectivity index (χ3n) is 5.14. The molecule has 9 nitrogen and oxygen atoms in total. The fourth-order valence-electron chi connectivity index (χ4n) is 3.56. The average Bonchev–Trinajstić information content (AvgIpc) is 3.21. The summed E-state index contributed by atoms with van der Waals surface area (Å²) in [5.41, 5.74) is 1.78. The number of hydrogen-bond donors (Lipinski definition) is 3. The number of benzene rings is 1. The fourth-order valence-corrected chi connectivity index (χ4v) is 3.56. The highest BCUT2D eigenvalue weighted by atomic mass is 16.5. The molecule has 9 heteroatoms. The van der Waals surface area contributed by atoms with Gasteiger partial charge in [0.25, 0.3) is 0 Å². The van der Waals surface area contributed by atoms with Crippen molar-refractivity contribution in [3.8, 4) is 17.0 Å². The minimum absolute atomic E-state index is 0.00185. The Labute approximate surface area is 176 Å². The molecule has 0 spiro atoms. The predicted octanol–water partition coefficient (Wildman–Crippen LogP) is 1.96. The highest BCUT2D eigenvalue weighted by Gasteiger charge is 2.31. The van der Waals surface area contributed by atoms with Crippen LogP contribution in [0.25, 0.3) is 11.3 Å². The molecule has 3 N–H and O–H groups in total. The van der Waals surface area contributed by atoms with Crippen LogP contribution in [0.5, 0.6) is 5.75 Å². The maximum absolute atomic E-state index is 11.9. The smallest absolute Gasteiger partial charge is 0.315 e. The highest BCUT2D eigenvalue weighted by molar-refractivity contribution is 5.74. The van der Waals surface area contributed by atoms with Crippen molar-refractivity contribution in [3.63, 3.8) is 0 Å². The number of aliphatic hydroxyl groups excluding tert-OH is 1. The number of aryl methyl sites for hydroxylation is 1. The number of ether oxygens (including phenoxy) is 2. The SMILES string of the molecule is COc1ccc(-c2cn(CC[C@H]3CC[C@H](NC(=O)NC(C)C)[C@@H](CO)O3)nn2)cc1. The quantitative estimate of drug-likeness (QED) is 0.606. The first kappa shape index (κ1) is 22.0. The molecule has 0 saturated carbocycles.